The van der Waals surface area contributed by atoms with Gasteiger partial charge in [0.1, 0.15) is 0 Å². The molecule has 0 fully saturated rings. The normalized spacial score (nSPS) is 12.3. The van der Waals surface area contributed by atoms with Gasteiger partial charge in [0, 0.05) is 11.4 Å². The number of rotatable bonds is 3. The molecule has 0 aliphatic carbocycles. The molecule has 0 aliphatic heterocycles. The Morgan fingerprint density at radius 2 is 2.40 bits per heavy atom. The average molecular weight is 210 g/mol. The lowest BCUT2D eigenvalue weighted by Gasteiger charge is -2.05. The molecule has 1 atom stereocenters. The van der Waals surface area contributed by atoms with Crippen LogP contribution in [0.4, 0.5) is 4.79 Å². The van der Waals surface area contributed by atoms with Crippen LogP contribution in [0.2, 0.25) is 0 Å². The van der Waals surface area contributed by atoms with Gasteiger partial charge in [0.2, 0.25) is 0 Å². The Morgan fingerprint density at radius 1 is 1.80 bits per heavy atom. The molecule has 1 unspecified atom stereocenters. The van der Waals surface area contributed by atoms with E-state index in [0.717, 1.165) is 0 Å². The third-order valence-electron chi connectivity index (χ3n) is 0.803. The molecule has 60 valence electrons. The topological polar surface area (TPSA) is 38.3 Å². The summed E-state index contributed by atoms with van der Waals surface area (Å²) in [6.07, 6.45) is -0.353. The van der Waals surface area contributed by atoms with E-state index in [1.807, 2.05) is 6.92 Å². The fourth-order valence-electron chi connectivity index (χ4n) is 0.406. The number of halogens is 1. The summed E-state index contributed by atoms with van der Waals surface area (Å²) >= 11 is 3.28. The van der Waals surface area contributed by atoms with Crippen LogP contribution in [0.25, 0.3) is 0 Å². The Labute approximate surface area is 69.3 Å². The fraction of sp³-hybridized carbons (Fsp3) is 0.833. The first-order valence-corrected chi connectivity index (χ1v) is 4.13. The van der Waals surface area contributed by atoms with Gasteiger partial charge in [-0.25, -0.2) is 4.79 Å². The Balaban J connectivity index is 3.22. The van der Waals surface area contributed by atoms with Gasteiger partial charge in [-0.1, -0.05) is 22.9 Å². The Hall–Kier alpha value is -0.250. The number of nitrogens with one attached hydrogen (secondary N) is 1. The average Bonchev–Trinajstić information content (AvgIpc) is 1.85. The van der Waals surface area contributed by atoms with Gasteiger partial charge in [-0.3, -0.25) is 0 Å². The Kier molecular flexibility index (Phi) is 5.39. The maximum atomic E-state index is 10.6. The highest BCUT2D eigenvalue weighted by atomic mass is 79.9. The first-order valence-electron chi connectivity index (χ1n) is 3.21. The smallest absolute Gasteiger partial charge is 0.407 e. The number of ether oxygens (including phenoxy) is 1. The Bertz CT molecular complexity index is 106. The van der Waals surface area contributed by atoms with Gasteiger partial charge in [0.25, 0.3) is 0 Å². The molecular weight excluding hydrogens is 198 g/mol. The van der Waals surface area contributed by atoms with Crippen LogP contribution in [0.5, 0.6) is 0 Å². The van der Waals surface area contributed by atoms with Crippen molar-refractivity contribution in [3.8, 4) is 0 Å². The highest BCUT2D eigenvalue weighted by Gasteiger charge is 2.00. The molecule has 1 N–H and O–H groups in total. The SMILES string of the molecule is CCOC(=O)NCC(C)Br. The predicted octanol–water partition coefficient (Wildman–Crippen LogP) is 1.52. The number of alkyl carbamates (subject to hydrolysis) is 1. The van der Waals surface area contributed by atoms with Crippen LogP contribution < -0.4 is 5.32 Å². The van der Waals surface area contributed by atoms with Crippen LogP contribution in [0.3, 0.4) is 0 Å². The third kappa shape index (κ3) is 5.88. The van der Waals surface area contributed by atoms with E-state index < -0.39 is 0 Å². The summed E-state index contributed by atoms with van der Waals surface area (Å²) in [4.78, 5) is 10.9. The van der Waals surface area contributed by atoms with E-state index in [9.17, 15) is 4.79 Å². The van der Waals surface area contributed by atoms with Gasteiger partial charge in [0.15, 0.2) is 0 Å². The van der Waals surface area contributed by atoms with Crippen LogP contribution in [-0.4, -0.2) is 24.1 Å². The van der Waals surface area contributed by atoms with Crippen molar-refractivity contribution in [3.63, 3.8) is 0 Å². The molecule has 1 amide bonds. The maximum absolute atomic E-state index is 10.6. The standard InChI is InChI=1S/C6H12BrNO2/c1-3-10-6(9)8-4-5(2)7/h5H,3-4H2,1-2H3,(H,8,9). The summed E-state index contributed by atoms with van der Waals surface area (Å²) in [5.41, 5.74) is 0. The number of carbonyl (C=O) groups excluding carboxylic acids is 1. The van der Waals surface area contributed by atoms with Gasteiger partial charge in [-0.2, -0.15) is 0 Å². The molecule has 0 radical (unpaired) electrons. The van der Waals surface area contributed by atoms with Crippen LogP contribution in [0, 0.1) is 0 Å². The van der Waals surface area contributed by atoms with Crippen molar-refractivity contribution in [2.45, 2.75) is 18.7 Å². The van der Waals surface area contributed by atoms with Crippen molar-refractivity contribution in [2.75, 3.05) is 13.2 Å². The number of hydrogen-bond acceptors (Lipinski definition) is 2. The maximum Gasteiger partial charge on any atom is 0.407 e. The van der Waals surface area contributed by atoms with Crippen molar-refractivity contribution < 1.29 is 9.53 Å². The van der Waals surface area contributed by atoms with Crippen molar-refractivity contribution in [1.82, 2.24) is 5.32 Å². The van der Waals surface area contributed by atoms with Gasteiger partial charge < -0.3 is 10.1 Å². The van der Waals surface area contributed by atoms with Crippen molar-refractivity contribution in [3.05, 3.63) is 0 Å². The molecule has 0 aliphatic rings. The molecule has 10 heavy (non-hydrogen) atoms. The van der Waals surface area contributed by atoms with Gasteiger partial charge >= 0.3 is 6.09 Å². The summed E-state index contributed by atoms with van der Waals surface area (Å²) in [6.45, 7) is 4.74. The number of amides is 1. The zero-order chi connectivity index (χ0) is 7.98. The molecule has 0 heterocycles. The number of alkyl halides is 1. The number of carbonyl (C=O) groups is 1. The molecule has 0 saturated heterocycles. The first-order chi connectivity index (χ1) is 4.66. The molecule has 0 spiro atoms. The first kappa shape index (κ1) is 9.75. The molecule has 0 aromatic heterocycles. The summed E-state index contributed by atoms with van der Waals surface area (Å²) in [5, 5.41) is 2.57. The Morgan fingerprint density at radius 3 is 2.80 bits per heavy atom. The summed E-state index contributed by atoms with van der Waals surface area (Å²) in [6, 6.07) is 0. The fourth-order valence-corrected chi connectivity index (χ4v) is 0.568. The van der Waals surface area contributed by atoms with Crippen LogP contribution in [-0.2, 0) is 4.74 Å². The molecule has 0 bridgehead atoms. The predicted molar refractivity (Wildman–Crippen MR) is 43.4 cm³/mol. The van der Waals surface area contributed by atoms with Crippen molar-refractivity contribution >= 4 is 22.0 Å². The minimum absolute atomic E-state index is 0.289. The number of hydrogen-bond donors (Lipinski definition) is 1. The van der Waals surface area contributed by atoms with E-state index in [4.69, 9.17) is 0 Å². The van der Waals surface area contributed by atoms with E-state index >= 15 is 0 Å². The lowest BCUT2D eigenvalue weighted by atomic mass is 10.5. The van der Waals surface area contributed by atoms with Crippen molar-refractivity contribution in [1.29, 1.82) is 0 Å². The summed E-state index contributed by atoms with van der Waals surface area (Å²) < 4.78 is 4.62. The van der Waals surface area contributed by atoms with E-state index in [1.165, 1.54) is 0 Å². The van der Waals surface area contributed by atoms with Crippen LogP contribution in [0.15, 0.2) is 0 Å². The van der Waals surface area contributed by atoms with Crippen LogP contribution in [0.1, 0.15) is 13.8 Å². The lowest BCUT2D eigenvalue weighted by molar-refractivity contribution is 0.152. The molecule has 0 aromatic carbocycles. The van der Waals surface area contributed by atoms with Crippen LogP contribution >= 0.6 is 15.9 Å². The second-order valence-electron chi connectivity index (χ2n) is 1.88. The van der Waals surface area contributed by atoms with Gasteiger partial charge in [0.05, 0.1) is 6.61 Å². The highest BCUT2D eigenvalue weighted by molar-refractivity contribution is 9.09. The van der Waals surface area contributed by atoms with E-state index in [0.29, 0.717) is 13.2 Å². The van der Waals surface area contributed by atoms with E-state index in [1.54, 1.807) is 6.92 Å². The monoisotopic (exact) mass is 209 g/mol. The molecule has 0 aromatic rings. The molecule has 4 heteroatoms. The van der Waals surface area contributed by atoms with E-state index in [-0.39, 0.29) is 10.9 Å². The quantitative estimate of drug-likeness (QED) is 0.717. The van der Waals surface area contributed by atoms with E-state index in [2.05, 4.69) is 26.0 Å². The molecule has 0 rings (SSSR count). The zero-order valence-corrected chi connectivity index (χ0v) is 7.77. The van der Waals surface area contributed by atoms with Gasteiger partial charge in [-0.05, 0) is 6.92 Å². The lowest BCUT2D eigenvalue weighted by Crippen LogP contribution is -2.28. The minimum Gasteiger partial charge on any atom is -0.450 e. The zero-order valence-electron chi connectivity index (χ0n) is 6.19. The van der Waals surface area contributed by atoms with Crippen molar-refractivity contribution in [2.24, 2.45) is 0 Å². The largest absolute Gasteiger partial charge is 0.450 e. The summed E-state index contributed by atoms with van der Waals surface area (Å²) in [7, 11) is 0. The second kappa shape index (κ2) is 5.53. The molecule has 3 nitrogen and oxygen atoms in total. The van der Waals surface area contributed by atoms with Gasteiger partial charge in [-0.15, -0.1) is 0 Å². The summed E-state index contributed by atoms with van der Waals surface area (Å²) in [5.74, 6) is 0. The molecule has 0 saturated carbocycles. The molecular formula is C6H12BrNO2. The second-order valence-corrected chi connectivity index (χ2v) is 3.45. The highest BCUT2D eigenvalue weighted by Crippen LogP contribution is 1.93. The third-order valence-corrected chi connectivity index (χ3v) is 1.13. The minimum atomic E-state index is -0.353.